The van der Waals surface area contributed by atoms with Crippen molar-refractivity contribution in [2.45, 2.75) is 25.6 Å². The van der Waals surface area contributed by atoms with E-state index in [-0.39, 0.29) is 18.1 Å². The molecule has 5 nitrogen and oxygen atoms in total. The molecule has 0 radical (unpaired) electrons. The lowest BCUT2D eigenvalue weighted by atomic mass is 9.99. The van der Waals surface area contributed by atoms with E-state index >= 15 is 0 Å². The van der Waals surface area contributed by atoms with Crippen molar-refractivity contribution in [3.05, 3.63) is 108 Å². The second-order valence-corrected chi connectivity index (χ2v) is 8.98. The highest BCUT2D eigenvalue weighted by atomic mass is 16.5. The Bertz CT molecular complexity index is 1330. The summed E-state index contributed by atoms with van der Waals surface area (Å²) in [5.41, 5.74) is 3.97. The van der Waals surface area contributed by atoms with E-state index in [0.29, 0.717) is 12.1 Å². The molecule has 0 spiro atoms. The zero-order valence-corrected chi connectivity index (χ0v) is 20.1. The van der Waals surface area contributed by atoms with Crippen LogP contribution in [-0.2, 0) is 11.3 Å². The van der Waals surface area contributed by atoms with Gasteiger partial charge in [0, 0.05) is 19.1 Å². The molecule has 0 aliphatic carbocycles. The topological polar surface area (TPSA) is 50.8 Å². The van der Waals surface area contributed by atoms with Crippen molar-refractivity contribution >= 4 is 22.4 Å². The SMILES string of the molecule is COC(=O)c1cccc(CN2CC(CN[C@H](C)c3cccc4ccccc34)Oc3ccccc32)c1. The summed E-state index contributed by atoms with van der Waals surface area (Å²) in [6.45, 7) is 4.35. The van der Waals surface area contributed by atoms with E-state index in [0.717, 1.165) is 30.1 Å². The number of hydrogen-bond acceptors (Lipinski definition) is 5. The number of benzene rings is 4. The third kappa shape index (κ3) is 5.00. The highest BCUT2D eigenvalue weighted by Gasteiger charge is 2.26. The van der Waals surface area contributed by atoms with Crippen molar-refractivity contribution in [3.63, 3.8) is 0 Å². The largest absolute Gasteiger partial charge is 0.485 e. The van der Waals surface area contributed by atoms with Crippen molar-refractivity contribution in [1.82, 2.24) is 5.32 Å². The number of hydrogen-bond donors (Lipinski definition) is 1. The third-order valence-corrected chi connectivity index (χ3v) is 6.59. The third-order valence-electron chi connectivity index (χ3n) is 6.59. The number of rotatable bonds is 7. The molecule has 1 N–H and O–H groups in total. The molecular weight excluding hydrogens is 436 g/mol. The van der Waals surface area contributed by atoms with Gasteiger partial charge in [-0.3, -0.25) is 0 Å². The van der Waals surface area contributed by atoms with Crippen molar-refractivity contribution in [2.75, 3.05) is 25.1 Å². The lowest BCUT2D eigenvalue weighted by Crippen LogP contribution is -2.45. The standard InChI is InChI=1S/C30H30N2O3/c1-21(26-14-8-11-23-10-3-4-13-27(23)26)31-18-25-20-32(28-15-5-6-16-29(28)35-25)19-22-9-7-12-24(17-22)30(33)34-2/h3-17,21,25,31H,18-20H2,1-2H3/t21-,25?/m1/s1. The Kier molecular flexibility index (Phi) is 6.68. The van der Waals surface area contributed by atoms with E-state index in [1.54, 1.807) is 6.07 Å². The molecule has 0 aromatic heterocycles. The molecule has 1 unspecified atom stereocenters. The minimum absolute atomic E-state index is 0.00823. The molecule has 0 saturated carbocycles. The van der Waals surface area contributed by atoms with Crippen LogP contribution in [0.1, 0.15) is 34.5 Å². The predicted octanol–water partition coefficient (Wildman–Crippen LogP) is 5.74. The van der Waals surface area contributed by atoms with E-state index in [2.05, 4.69) is 65.7 Å². The molecule has 35 heavy (non-hydrogen) atoms. The molecule has 5 rings (SSSR count). The quantitative estimate of drug-likeness (QED) is 0.352. The number of anilines is 1. The molecular formula is C30H30N2O3. The van der Waals surface area contributed by atoms with Crippen LogP contribution in [0.2, 0.25) is 0 Å². The summed E-state index contributed by atoms with van der Waals surface area (Å²) in [6, 6.07) is 30.9. The van der Waals surface area contributed by atoms with Gasteiger partial charge in [-0.15, -0.1) is 0 Å². The first kappa shape index (κ1) is 22.9. The smallest absolute Gasteiger partial charge is 0.337 e. The molecule has 0 fully saturated rings. The average molecular weight is 467 g/mol. The van der Waals surface area contributed by atoms with Crippen LogP contribution in [0.5, 0.6) is 5.75 Å². The molecule has 4 aromatic rings. The summed E-state index contributed by atoms with van der Waals surface area (Å²) < 4.78 is 11.3. The first-order valence-electron chi connectivity index (χ1n) is 12.0. The maximum absolute atomic E-state index is 12.0. The summed E-state index contributed by atoms with van der Waals surface area (Å²) in [6.07, 6.45) is -0.00823. The average Bonchev–Trinajstić information content (AvgIpc) is 2.91. The van der Waals surface area contributed by atoms with Gasteiger partial charge < -0.3 is 19.7 Å². The van der Waals surface area contributed by atoms with E-state index in [1.807, 2.05) is 36.4 Å². The zero-order chi connectivity index (χ0) is 24.2. The maximum Gasteiger partial charge on any atom is 0.337 e. The van der Waals surface area contributed by atoms with E-state index < -0.39 is 0 Å². The second-order valence-electron chi connectivity index (χ2n) is 8.98. The van der Waals surface area contributed by atoms with Crippen molar-refractivity contribution in [3.8, 4) is 5.75 Å². The van der Waals surface area contributed by atoms with Crippen LogP contribution in [0.15, 0.2) is 91.0 Å². The maximum atomic E-state index is 12.0. The number of ether oxygens (including phenoxy) is 2. The molecule has 4 aromatic carbocycles. The number of carbonyl (C=O) groups is 1. The van der Waals surface area contributed by atoms with Crippen LogP contribution < -0.4 is 15.0 Å². The Labute approximate surface area is 206 Å². The fourth-order valence-electron chi connectivity index (χ4n) is 4.82. The molecule has 5 heteroatoms. The van der Waals surface area contributed by atoms with E-state index in [1.165, 1.54) is 23.4 Å². The molecule has 0 amide bonds. The number of fused-ring (bicyclic) bond motifs is 2. The highest BCUT2D eigenvalue weighted by Crippen LogP contribution is 2.34. The minimum Gasteiger partial charge on any atom is -0.485 e. The Morgan fingerprint density at radius 2 is 1.80 bits per heavy atom. The van der Waals surface area contributed by atoms with Gasteiger partial charge in [0.2, 0.25) is 0 Å². The Morgan fingerprint density at radius 3 is 2.69 bits per heavy atom. The molecule has 1 aliphatic heterocycles. The van der Waals surface area contributed by atoms with Gasteiger partial charge in [-0.05, 0) is 53.1 Å². The first-order chi connectivity index (χ1) is 17.1. The summed E-state index contributed by atoms with van der Waals surface area (Å²) in [4.78, 5) is 14.3. The number of nitrogens with one attached hydrogen (secondary N) is 1. The summed E-state index contributed by atoms with van der Waals surface area (Å²) in [5.74, 6) is 0.561. The fraction of sp³-hybridized carbons (Fsp3) is 0.233. The number of nitrogens with zero attached hydrogens (tertiary/aromatic N) is 1. The van der Waals surface area contributed by atoms with Gasteiger partial charge in [0.1, 0.15) is 11.9 Å². The molecule has 2 atom stereocenters. The summed E-state index contributed by atoms with van der Waals surface area (Å²) in [7, 11) is 1.41. The number of methoxy groups -OCH3 is 1. The van der Waals surface area contributed by atoms with Gasteiger partial charge in [-0.1, -0.05) is 66.7 Å². The molecule has 0 saturated heterocycles. The predicted molar refractivity (Wildman–Crippen MR) is 140 cm³/mol. The van der Waals surface area contributed by atoms with Crippen LogP contribution >= 0.6 is 0 Å². The van der Waals surface area contributed by atoms with E-state index in [9.17, 15) is 4.79 Å². The Morgan fingerprint density at radius 1 is 1.03 bits per heavy atom. The molecule has 0 bridgehead atoms. The lowest BCUT2D eigenvalue weighted by molar-refractivity contribution is 0.0600. The number of para-hydroxylation sites is 2. The van der Waals surface area contributed by atoms with Gasteiger partial charge in [-0.25, -0.2) is 4.79 Å². The van der Waals surface area contributed by atoms with Gasteiger partial charge >= 0.3 is 5.97 Å². The van der Waals surface area contributed by atoms with Crippen LogP contribution in [0.25, 0.3) is 10.8 Å². The summed E-state index contributed by atoms with van der Waals surface area (Å²) >= 11 is 0. The lowest BCUT2D eigenvalue weighted by Gasteiger charge is -2.37. The number of carbonyl (C=O) groups excluding carboxylic acids is 1. The van der Waals surface area contributed by atoms with E-state index in [4.69, 9.17) is 9.47 Å². The van der Waals surface area contributed by atoms with Gasteiger partial charge in [0.15, 0.2) is 0 Å². The van der Waals surface area contributed by atoms with Crippen LogP contribution in [-0.4, -0.2) is 32.3 Å². The Balaban J connectivity index is 1.32. The minimum atomic E-state index is -0.321. The first-order valence-corrected chi connectivity index (χ1v) is 12.0. The van der Waals surface area contributed by atoms with Gasteiger partial charge in [-0.2, -0.15) is 0 Å². The van der Waals surface area contributed by atoms with Crippen molar-refractivity contribution < 1.29 is 14.3 Å². The van der Waals surface area contributed by atoms with Crippen molar-refractivity contribution in [2.24, 2.45) is 0 Å². The summed E-state index contributed by atoms with van der Waals surface area (Å²) in [5, 5.41) is 6.22. The van der Waals surface area contributed by atoms with Crippen LogP contribution in [0.3, 0.4) is 0 Å². The Hall–Kier alpha value is -3.83. The number of esters is 1. The molecule has 1 heterocycles. The molecule has 178 valence electrons. The second kappa shape index (κ2) is 10.2. The zero-order valence-electron chi connectivity index (χ0n) is 20.1. The van der Waals surface area contributed by atoms with Gasteiger partial charge in [0.25, 0.3) is 0 Å². The normalized spacial score (nSPS) is 15.8. The van der Waals surface area contributed by atoms with Crippen LogP contribution in [0.4, 0.5) is 5.69 Å². The molecule has 1 aliphatic rings. The van der Waals surface area contributed by atoms with Gasteiger partial charge in [0.05, 0.1) is 24.9 Å². The van der Waals surface area contributed by atoms with Crippen molar-refractivity contribution in [1.29, 1.82) is 0 Å². The highest BCUT2D eigenvalue weighted by molar-refractivity contribution is 5.89. The monoisotopic (exact) mass is 466 g/mol. The fourth-order valence-corrected chi connectivity index (χ4v) is 4.82. The van der Waals surface area contributed by atoms with Crippen LogP contribution in [0, 0.1) is 0 Å².